The molecule has 3 unspecified atom stereocenters. The molecule has 7 N–H and O–H groups in total. The van der Waals surface area contributed by atoms with E-state index in [1.807, 2.05) is 0 Å². The predicted octanol–water partition coefficient (Wildman–Crippen LogP) is 6.96. The Morgan fingerprint density at radius 3 is 2.18 bits per heavy atom. The van der Waals surface area contributed by atoms with Crippen LogP contribution in [0.1, 0.15) is 143 Å². The summed E-state index contributed by atoms with van der Waals surface area (Å²) in [5.74, 6) is 3.48. The fourth-order valence-electron chi connectivity index (χ4n) is 11.4. The fourth-order valence-corrected chi connectivity index (χ4v) is 11.4. The van der Waals surface area contributed by atoms with Gasteiger partial charge in [0, 0.05) is 38.2 Å². The molecule has 4 saturated carbocycles. The van der Waals surface area contributed by atoms with Crippen molar-refractivity contribution in [3.05, 3.63) is 0 Å². The number of nitrogens with two attached hydrogens (primary N) is 3. The number of ether oxygens (including phenoxy) is 3. The molecule has 0 aliphatic heterocycles. The summed E-state index contributed by atoms with van der Waals surface area (Å²) in [6, 6.07) is 0. The zero-order chi connectivity index (χ0) is 35.3. The SMILES string of the molecule is CCCCCCCCNC(=O)CCC(C)[C@H]1CC[C@H]2C3[C@H](OCCCN)CC4C[C@H](OCCCN)CC[C@]4(C)[C@H]3C[C@H](OCCCN)[C@]12C. The van der Waals surface area contributed by atoms with Crippen molar-refractivity contribution >= 4 is 5.91 Å². The monoisotopic (exact) mass is 691 g/mol. The van der Waals surface area contributed by atoms with Gasteiger partial charge in [0.25, 0.3) is 0 Å². The van der Waals surface area contributed by atoms with Gasteiger partial charge in [-0.2, -0.15) is 0 Å². The molecule has 11 atom stereocenters. The molecule has 0 saturated heterocycles. The minimum absolute atomic E-state index is 0.0609. The predicted molar refractivity (Wildman–Crippen MR) is 201 cm³/mol. The number of nitrogens with one attached hydrogen (secondary N) is 1. The molecule has 4 aliphatic carbocycles. The topological polar surface area (TPSA) is 135 Å². The van der Waals surface area contributed by atoms with Crippen LogP contribution in [0.3, 0.4) is 0 Å². The molecule has 0 heterocycles. The Morgan fingerprint density at radius 1 is 0.796 bits per heavy atom. The van der Waals surface area contributed by atoms with Gasteiger partial charge in [0.05, 0.1) is 18.3 Å². The maximum atomic E-state index is 12.9. The van der Waals surface area contributed by atoms with E-state index in [2.05, 4.69) is 33.0 Å². The highest BCUT2D eigenvalue weighted by Crippen LogP contribution is 2.69. The minimum Gasteiger partial charge on any atom is -0.378 e. The highest BCUT2D eigenvalue weighted by Gasteiger charge is 2.66. The Hall–Kier alpha value is -0.770. The van der Waals surface area contributed by atoms with Crippen molar-refractivity contribution < 1.29 is 19.0 Å². The Morgan fingerprint density at radius 2 is 1.47 bits per heavy atom. The number of unbranched alkanes of at least 4 members (excludes halogenated alkanes) is 5. The molecule has 4 rings (SSSR count). The third-order valence-corrected chi connectivity index (χ3v) is 14.2. The van der Waals surface area contributed by atoms with E-state index in [4.69, 9.17) is 31.4 Å². The van der Waals surface area contributed by atoms with E-state index in [1.165, 1.54) is 51.4 Å². The third kappa shape index (κ3) is 10.2. The molecule has 0 radical (unpaired) electrons. The van der Waals surface area contributed by atoms with Gasteiger partial charge in [-0.05, 0) is 138 Å². The fraction of sp³-hybridized carbons (Fsp3) is 0.976. The number of rotatable bonds is 23. The largest absolute Gasteiger partial charge is 0.378 e. The molecule has 0 spiro atoms. The second kappa shape index (κ2) is 20.5. The summed E-state index contributed by atoms with van der Waals surface area (Å²) in [6.07, 6.45) is 20.8. The first-order valence-corrected chi connectivity index (χ1v) is 21.0. The molecule has 0 aromatic heterocycles. The van der Waals surface area contributed by atoms with E-state index < -0.39 is 0 Å². The number of carbonyl (C=O) groups excluding carboxylic acids is 1. The number of amides is 1. The maximum absolute atomic E-state index is 12.9. The summed E-state index contributed by atoms with van der Waals surface area (Å²) in [4.78, 5) is 12.9. The first kappa shape index (κ1) is 41.0. The van der Waals surface area contributed by atoms with Crippen molar-refractivity contribution in [1.82, 2.24) is 5.32 Å². The summed E-state index contributed by atoms with van der Waals surface area (Å²) in [6.45, 7) is 14.9. The van der Waals surface area contributed by atoms with Crippen LogP contribution in [0.15, 0.2) is 0 Å². The molecule has 286 valence electrons. The summed E-state index contributed by atoms with van der Waals surface area (Å²) < 4.78 is 20.3. The number of hydrogen-bond acceptors (Lipinski definition) is 7. The number of hydrogen-bond donors (Lipinski definition) is 4. The quantitative estimate of drug-likeness (QED) is 0.0852. The highest BCUT2D eigenvalue weighted by molar-refractivity contribution is 5.75. The van der Waals surface area contributed by atoms with Gasteiger partial charge in [-0.15, -0.1) is 0 Å². The molecule has 8 nitrogen and oxygen atoms in total. The Kier molecular flexibility index (Phi) is 17.1. The van der Waals surface area contributed by atoms with E-state index >= 15 is 0 Å². The van der Waals surface area contributed by atoms with Crippen LogP contribution in [0.2, 0.25) is 0 Å². The molecule has 0 aromatic rings. The standard InChI is InChI=1S/C41H78N4O4/c1-5-6-7-8-9-10-23-45-38(46)17-14-30(2)33-15-16-34-39-35(29-37(41(33,34)4)49-26-13-22-44)40(3)19-18-32(47-24-11-20-42)27-31(40)28-36(39)48-25-12-21-43/h30-37,39H,5-29,42-44H2,1-4H3,(H,45,46)/t30?,31?,32-,33-,34+,35+,36-,37+,39?,40+,41-/m1/s1. The van der Waals surface area contributed by atoms with Gasteiger partial charge < -0.3 is 36.7 Å². The lowest BCUT2D eigenvalue weighted by Gasteiger charge is -2.65. The van der Waals surface area contributed by atoms with Gasteiger partial charge in [-0.3, -0.25) is 4.79 Å². The summed E-state index contributed by atoms with van der Waals surface area (Å²) in [5.41, 5.74) is 18.1. The van der Waals surface area contributed by atoms with Crippen molar-refractivity contribution in [2.45, 2.75) is 162 Å². The smallest absolute Gasteiger partial charge is 0.220 e. The average molecular weight is 691 g/mol. The lowest BCUT2D eigenvalue weighted by molar-refractivity contribution is -0.227. The van der Waals surface area contributed by atoms with Crippen LogP contribution in [0.4, 0.5) is 0 Å². The Labute approximate surface area is 300 Å². The van der Waals surface area contributed by atoms with E-state index in [0.717, 1.165) is 84.2 Å². The normalized spacial score (nSPS) is 36.1. The van der Waals surface area contributed by atoms with Crippen LogP contribution in [-0.2, 0) is 19.0 Å². The summed E-state index contributed by atoms with van der Waals surface area (Å²) in [5, 5.41) is 3.23. The van der Waals surface area contributed by atoms with Crippen LogP contribution in [-0.4, -0.2) is 70.2 Å². The average Bonchev–Trinajstić information content (AvgIpc) is 3.45. The van der Waals surface area contributed by atoms with Crippen LogP contribution < -0.4 is 22.5 Å². The maximum Gasteiger partial charge on any atom is 0.220 e. The second-order valence-electron chi connectivity index (χ2n) is 17.1. The summed E-state index contributed by atoms with van der Waals surface area (Å²) in [7, 11) is 0. The van der Waals surface area contributed by atoms with Crippen LogP contribution in [0.25, 0.3) is 0 Å². The molecular formula is C41H78N4O4. The summed E-state index contributed by atoms with van der Waals surface area (Å²) >= 11 is 0. The molecule has 0 aromatic carbocycles. The van der Waals surface area contributed by atoms with Gasteiger partial charge >= 0.3 is 0 Å². The Bertz CT molecular complexity index is 954. The lowest BCUT2D eigenvalue weighted by atomic mass is 9.43. The van der Waals surface area contributed by atoms with Crippen molar-refractivity contribution in [2.75, 3.05) is 46.0 Å². The zero-order valence-corrected chi connectivity index (χ0v) is 32.2. The molecule has 0 bridgehead atoms. The minimum atomic E-state index is 0.0609. The third-order valence-electron chi connectivity index (χ3n) is 14.2. The zero-order valence-electron chi connectivity index (χ0n) is 32.2. The highest BCUT2D eigenvalue weighted by atomic mass is 16.5. The molecule has 49 heavy (non-hydrogen) atoms. The second-order valence-corrected chi connectivity index (χ2v) is 17.1. The number of carbonyl (C=O) groups is 1. The van der Waals surface area contributed by atoms with Crippen LogP contribution in [0, 0.1) is 46.3 Å². The van der Waals surface area contributed by atoms with E-state index in [1.54, 1.807) is 0 Å². The molecule has 4 aliphatic rings. The molecule has 8 heteroatoms. The van der Waals surface area contributed by atoms with E-state index in [9.17, 15) is 4.79 Å². The van der Waals surface area contributed by atoms with Crippen LogP contribution in [0.5, 0.6) is 0 Å². The van der Waals surface area contributed by atoms with Crippen LogP contribution >= 0.6 is 0 Å². The molecular weight excluding hydrogens is 612 g/mol. The molecule has 1 amide bonds. The van der Waals surface area contributed by atoms with Gasteiger partial charge in [0.15, 0.2) is 0 Å². The lowest BCUT2D eigenvalue weighted by Crippen LogP contribution is -2.63. The Balaban J connectivity index is 1.49. The van der Waals surface area contributed by atoms with E-state index in [-0.39, 0.29) is 28.9 Å². The van der Waals surface area contributed by atoms with Crippen molar-refractivity contribution in [3.8, 4) is 0 Å². The number of fused-ring (bicyclic) bond motifs is 5. The van der Waals surface area contributed by atoms with Crippen molar-refractivity contribution in [3.63, 3.8) is 0 Å². The molecule has 4 fully saturated rings. The van der Waals surface area contributed by atoms with Crippen molar-refractivity contribution in [2.24, 2.45) is 63.5 Å². The van der Waals surface area contributed by atoms with Crippen molar-refractivity contribution in [1.29, 1.82) is 0 Å². The van der Waals surface area contributed by atoms with Gasteiger partial charge in [0.1, 0.15) is 0 Å². The first-order valence-electron chi connectivity index (χ1n) is 21.0. The van der Waals surface area contributed by atoms with E-state index in [0.29, 0.717) is 67.7 Å². The van der Waals surface area contributed by atoms with Gasteiger partial charge in [-0.25, -0.2) is 0 Å². The van der Waals surface area contributed by atoms with Gasteiger partial charge in [0.2, 0.25) is 5.91 Å². The van der Waals surface area contributed by atoms with Gasteiger partial charge in [-0.1, -0.05) is 59.8 Å². The first-order chi connectivity index (χ1) is 23.7.